The van der Waals surface area contributed by atoms with Gasteiger partial charge in [0.25, 0.3) is 0 Å². The lowest BCUT2D eigenvalue weighted by atomic mass is 9.94. The molecule has 25 heavy (non-hydrogen) atoms. The topological polar surface area (TPSA) is 50.8 Å². The Labute approximate surface area is 152 Å². The van der Waals surface area contributed by atoms with Gasteiger partial charge in [0.2, 0.25) is 0 Å². The quantitative estimate of drug-likeness (QED) is 0.698. The Kier molecular flexibility index (Phi) is 6.84. The molecule has 3 rings (SSSR count). The number of nitrogens with zero attached hydrogens (tertiary/aromatic N) is 2. The van der Waals surface area contributed by atoms with Gasteiger partial charge in [-0.25, -0.2) is 5.43 Å². The second kappa shape index (κ2) is 9.10. The van der Waals surface area contributed by atoms with Gasteiger partial charge in [0, 0.05) is 57.8 Å². The summed E-state index contributed by atoms with van der Waals surface area (Å²) in [7, 11) is 0. The van der Waals surface area contributed by atoms with Crippen molar-refractivity contribution in [1.29, 1.82) is 0 Å². The van der Waals surface area contributed by atoms with E-state index in [9.17, 15) is 5.11 Å². The molecule has 1 aromatic rings. The van der Waals surface area contributed by atoms with E-state index in [0.29, 0.717) is 23.9 Å². The maximum absolute atomic E-state index is 9.47. The molecule has 2 saturated heterocycles. The molecule has 5 heteroatoms. The molecular formula is C20H34N4O. The summed E-state index contributed by atoms with van der Waals surface area (Å²) in [5.41, 5.74) is 8.18. The van der Waals surface area contributed by atoms with E-state index >= 15 is 0 Å². The molecule has 3 N–H and O–H groups in total. The summed E-state index contributed by atoms with van der Waals surface area (Å²) in [6, 6.07) is 11.6. The van der Waals surface area contributed by atoms with Gasteiger partial charge in [-0.15, -0.1) is 0 Å². The lowest BCUT2D eigenvalue weighted by Crippen LogP contribution is -2.55. The molecule has 2 fully saturated rings. The van der Waals surface area contributed by atoms with Crippen LogP contribution < -0.4 is 10.9 Å². The summed E-state index contributed by atoms with van der Waals surface area (Å²) in [4.78, 5) is 5.18. The van der Waals surface area contributed by atoms with Crippen molar-refractivity contribution < 1.29 is 5.11 Å². The van der Waals surface area contributed by atoms with Crippen LogP contribution in [0.25, 0.3) is 0 Å². The molecule has 2 aliphatic heterocycles. The highest BCUT2D eigenvalue weighted by molar-refractivity contribution is 5.20. The average Bonchev–Trinajstić information content (AvgIpc) is 3.06. The molecule has 2 heterocycles. The Morgan fingerprint density at radius 3 is 2.72 bits per heavy atom. The van der Waals surface area contributed by atoms with Crippen LogP contribution in [0.4, 0.5) is 0 Å². The van der Waals surface area contributed by atoms with Gasteiger partial charge in [-0.1, -0.05) is 44.2 Å². The highest BCUT2D eigenvalue weighted by Crippen LogP contribution is 2.26. The zero-order chi connectivity index (χ0) is 17.6. The molecule has 0 aliphatic carbocycles. The second-order valence-corrected chi connectivity index (χ2v) is 7.99. The molecule has 140 valence electrons. The van der Waals surface area contributed by atoms with E-state index in [1.807, 2.05) is 0 Å². The number of hydrazine groups is 1. The van der Waals surface area contributed by atoms with Crippen LogP contribution in [0.3, 0.4) is 0 Å². The van der Waals surface area contributed by atoms with Gasteiger partial charge < -0.3 is 10.0 Å². The SMILES string of the molecule is CC(C)CN1CCN(CC2CNNC2c2ccccc2)CC1CCO. The number of nitrogens with one attached hydrogen (secondary N) is 2. The van der Waals surface area contributed by atoms with Gasteiger partial charge >= 0.3 is 0 Å². The third-order valence-electron chi connectivity index (χ3n) is 5.50. The van der Waals surface area contributed by atoms with Crippen molar-refractivity contribution in [3.8, 4) is 0 Å². The van der Waals surface area contributed by atoms with Crippen molar-refractivity contribution in [3.05, 3.63) is 35.9 Å². The van der Waals surface area contributed by atoms with Crippen molar-refractivity contribution >= 4 is 0 Å². The van der Waals surface area contributed by atoms with Crippen LogP contribution in [0, 0.1) is 11.8 Å². The predicted molar refractivity (Wildman–Crippen MR) is 102 cm³/mol. The monoisotopic (exact) mass is 346 g/mol. The molecule has 1 aromatic carbocycles. The molecule has 2 aliphatic rings. The van der Waals surface area contributed by atoms with Gasteiger partial charge in [-0.3, -0.25) is 10.3 Å². The van der Waals surface area contributed by atoms with Crippen LogP contribution in [-0.2, 0) is 0 Å². The van der Waals surface area contributed by atoms with E-state index in [4.69, 9.17) is 0 Å². The van der Waals surface area contributed by atoms with E-state index < -0.39 is 0 Å². The Hall–Kier alpha value is -0.980. The number of aliphatic hydroxyl groups is 1. The highest BCUT2D eigenvalue weighted by Gasteiger charge is 2.33. The van der Waals surface area contributed by atoms with Crippen LogP contribution in [0.2, 0.25) is 0 Å². The van der Waals surface area contributed by atoms with Crippen molar-refractivity contribution in [1.82, 2.24) is 20.7 Å². The van der Waals surface area contributed by atoms with Crippen molar-refractivity contribution in [3.63, 3.8) is 0 Å². The van der Waals surface area contributed by atoms with E-state index in [2.05, 4.69) is 64.8 Å². The van der Waals surface area contributed by atoms with Gasteiger partial charge in [0.1, 0.15) is 0 Å². The number of rotatable bonds is 7. The molecule has 0 radical (unpaired) electrons. The molecule has 0 saturated carbocycles. The van der Waals surface area contributed by atoms with Crippen molar-refractivity contribution in [2.75, 3.05) is 45.9 Å². The Balaban J connectivity index is 1.59. The third-order valence-corrected chi connectivity index (χ3v) is 5.50. The number of hydrogen-bond acceptors (Lipinski definition) is 5. The fourth-order valence-corrected chi connectivity index (χ4v) is 4.31. The number of piperazine rings is 1. The second-order valence-electron chi connectivity index (χ2n) is 7.99. The zero-order valence-corrected chi connectivity index (χ0v) is 15.7. The fraction of sp³-hybridized carbons (Fsp3) is 0.700. The molecular weight excluding hydrogens is 312 g/mol. The average molecular weight is 347 g/mol. The zero-order valence-electron chi connectivity index (χ0n) is 15.7. The van der Waals surface area contributed by atoms with Gasteiger partial charge in [-0.2, -0.15) is 0 Å². The third kappa shape index (κ3) is 5.02. The van der Waals surface area contributed by atoms with Crippen LogP contribution in [-0.4, -0.2) is 66.8 Å². The van der Waals surface area contributed by atoms with Gasteiger partial charge in [0.05, 0.1) is 6.04 Å². The summed E-state index contributed by atoms with van der Waals surface area (Å²) in [6.07, 6.45) is 0.881. The fourth-order valence-electron chi connectivity index (χ4n) is 4.31. The maximum atomic E-state index is 9.47. The molecule has 0 spiro atoms. The largest absolute Gasteiger partial charge is 0.396 e. The Morgan fingerprint density at radius 2 is 2.00 bits per heavy atom. The van der Waals surface area contributed by atoms with Crippen LogP contribution in [0.15, 0.2) is 30.3 Å². The van der Waals surface area contributed by atoms with Gasteiger partial charge in [-0.05, 0) is 17.9 Å². The smallest absolute Gasteiger partial charge is 0.0515 e. The van der Waals surface area contributed by atoms with E-state index in [1.54, 1.807) is 0 Å². The minimum absolute atomic E-state index is 0.284. The number of aliphatic hydroxyl groups excluding tert-OH is 1. The highest BCUT2D eigenvalue weighted by atomic mass is 16.3. The molecule has 5 nitrogen and oxygen atoms in total. The molecule has 0 amide bonds. The number of benzene rings is 1. The molecule has 0 bridgehead atoms. The summed E-state index contributed by atoms with van der Waals surface area (Å²) in [5, 5.41) is 9.47. The summed E-state index contributed by atoms with van der Waals surface area (Å²) < 4.78 is 0. The molecule has 3 atom stereocenters. The molecule has 0 aromatic heterocycles. The lowest BCUT2D eigenvalue weighted by molar-refractivity contribution is 0.0436. The molecule has 3 unspecified atom stereocenters. The summed E-state index contributed by atoms with van der Waals surface area (Å²) >= 11 is 0. The Bertz CT molecular complexity index is 510. The summed E-state index contributed by atoms with van der Waals surface area (Å²) in [6.45, 7) is 11.4. The van der Waals surface area contributed by atoms with E-state index in [1.165, 1.54) is 5.56 Å². The first-order valence-corrected chi connectivity index (χ1v) is 9.78. The van der Waals surface area contributed by atoms with E-state index in [0.717, 1.165) is 45.7 Å². The first-order chi connectivity index (χ1) is 12.2. The van der Waals surface area contributed by atoms with Crippen LogP contribution >= 0.6 is 0 Å². The first-order valence-electron chi connectivity index (χ1n) is 9.78. The predicted octanol–water partition coefficient (Wildman–Crippen LogP) is 1.48. The number of hydrogen-bond donors (Lipinski definition) is 3. The summed E-state index contributed by atoms with van der Waals surface area (Å²) in [5.74, 6) is 1.26. The van der Waals surface area contributed by atoms with Crippen LogP contribution in [0.1, 0.15) is 31.9 Å². The Morgan fingerprint density at radius 1 is 1.20 bits per heavy atom. The van der Waals surface area contributed by atoms with Crippen LogP contribution in [0.5, 0.6) is 0 Å². The minimum Gasteiger partial charge on any atom is -0.396 e. The first kappa shape index (κ1) is 18.8. The maximum Gasteiger partial charge on any atom is 0.0515 e. The van der Waals surface area contributed by atoms with Crippen molar-refractivity contribution in [2.24, 2.45) is 11.8 Å². The standard InChI is InChI=1S/C20H34N4O/c1-16(2)13-24-10-9-23(15-19(24)8-11-25)14-18-12-21-22-20(18)17-6-4-3-5-7-17/h3-7,16,18-22,25H,8-15H2,1-2H3. The minimum atomic E-state index is 0.284. The van der Waals surface area contributed by atoms with Gasteiger partial charge in [0.15, 0.2) is 0 Å². The van der Waals surface area contributed by atoms with Crippen molar-refractivity contribution in [2.45, 2.75) is 32.4 Å². The normalized spacial score (nSPS) is 28.7. The lowest BCUT2D eigenvalue weighted by Gasteiger charge is -2.43. The van der Waals surface area contributed by atoms with E-state index in [-0.39, 0.29) is 6.61 Å².